The SMILES string of the molecule is COc1cc2c(=O)oc3cc(OC(=O)COc4ccc(Br)cc4Br)ccc3c2c(OC)c1OC. The minimum Gasteiger partial charge on any atom is -0.493 e. The number of esters is 1. The number of halogens is 2. The van der Waals surface area contributed by atoms with Gasteiger partial charge in [0.25, 0.3) is 0 Å². The molecule has 3 aromatic carbocycles. The van der Waals surface area contributed by atoms with Gasteiger partial charge in [-0.05, 0) is 52.3 Å². The van der Waals surface area contributed by atoms with Gasteiger partial charge in [-0.1, -0.05) is 15.9 Å². The second-order valence-corrected chi connectivity index (χ2v) is 8.72. The van der Waals surface area contributed by atoms with Gasteiger partial charge in [-0.3, -0.25) is 0 Å². The molecule has 0 radical (unpaired) electrons. The molecule has 0 aliphatic carbocycles. The molecule has 0 aliphatic rings. The van der Waals surface area contributed by atoms with Crippen LogP contribution in [0.5, 0.6) is 28.7 Å². The zero-order valence-electron chi connectivity index (χ0n) is 18.3. The standard InChI is InChI=1S/C24H18Br2O8/c1-29-19-10-15-21(23(31-3)22(19)30-2)14-6-5-13(9-18(14)34-24(15)28)33-20(27)11-32-17-7-4-12(25)8-16(17)26/h4-10H,11H2,1-3H3. The second-order valence-electron chi connectivity index (χ2n) is 6.95. The molecule has 0 unspecified atom stereocenters. The van der Waals surface area contributed by atoms with Gasteiger partial charge in [-0.25, -0.2) is 9.59 Å². The molecule has 0 amide bonds. The van der Waals surface area contributed by atoms with Gasteiger partial charge >= 0.3 is 11.6 Å². The molecule has 0 atom stereocenters. The van der Waals surface area contributed by atoms with E-state index in [-0.39, 0.29) is 23.3 Å². The second kappa shape index (κ2) is 9.94. The van der Waals surface area contributed by atoms with Crippen LogP contribution in [0.1, 0.15) is 0 Å². The van der Waals surface area contributed by atoms with Gasteiger partial charge in [0.05, 0.1) is 31.2 Å². The fourth-order valence-corrected chi connectivity index (χ4v) is 4.65. The Balaban J connectivity index is 1.67. The largest absolute Gasteiger partial charge is 0.493 e. The number of methoxy groups -OCH3 is 3. The molecule has 34 heavy (non-hydrogen) atoms. The molecule has 0 N–H and O–H groups in total. The Morgan fingerprint density at radius 1 is 0.882 bits per heavy atom. The molecule has 0 bridgehead atoms. The van der Waals surface area contributed by atoms with E-state index in [0.29, 0.717) is 38.2 Å². The number of rotatable bonds is 7. The van der Waals surface area contributed by atoms with E-state index in [1.807, 2.05) is 0 Å². The van der Waals surface area contributed by atoms with E-state index < -0.39 is 11.6 Å². The molecule has 4 aromatic rings. The number of ether oxygens (including phenoxy) is 5. The number of hydrogen-bond acceptors (Lipinski definition) is 8. The fraction of sp³-hybridized carbons (Fsp3) is 0.167. The van der Waals surface area contributed by atoms with Crippen molar-refractivity contribution in [2.75, 3.05) is 27.9 Å². The number of benzene rings is 3. The minimum absolute atomic E-state index is 0.193. The number of hydrogen-bond donors (Lipinski definition) is 0. The van der Waals surface area contributed by atoms with Gasteiger partial charge in [-0.15, -0.1) is 0 Å². The van der Waals surface area contributed by atoms with Crippen molar-refractivity contribution >= 4 is 59.6 Å². The maximum atomic E-state index is 12.7. The average molecular weight is 594 g/mol. The summed E-state index contributed by atoms with van der Waals surface area (Å²) in [5.74, 6) is 1.07. The monoisotopic (exact) mass is 592 g/mol. The Morgan fingerprint density at radius 2 is 1.65 bits per heavy atom. The Hall–Kier alpha value is -3.24. The Labute approximate surface area is 210 Å². The van der Waals surface area contributed by atoms with Gasteiger partial charge in [0.1, 0.15) is 17.1 Å². The highest BCUT2D eigenvalue weighted by molar-refractivity contribution is 9.11. The molecule has 176 valence electrons. The van der Waals surface area contributed by atoms with Crippen LogP contribution in [0.3, 0.4) is 0 Å². The summed E-state index contributed by atoms with van der Waals surface area (Å²) in [5, 5.41) is 1.33. The molecule has 10 heteroatoms. The van der Waals surface area contributed by atoms with Crippen LogP contribution in [-0.4, -0.2) is 33.9 Å². The summed E-state index contributed by atoms with van der Waals surface area (Å²) in [7, 11) is 4.41. The van der Waals surface area contributed by atoms with Crippen molar-refractivity contribution in [3.05, 3.63) is 61.8 Å². The molecule has 0 aliphatic heterocycles. The third-order valence-electron chi connectivity index (χ3n) is 4.95. The first-order valence-electron chi connectivity index (χ1n) is 9.84. The predicted molar refractivity (Wildman–Crippen MR) is 133 cm³/mol. The normalized spacial score (nSPS) is 10.9. The lowest BCUT2D eigenvalue weighted by molar-refractivity contribution is -0.136. The lowest BCUT2D eigenvalue weighted by atomic mass is 10.0. The quantitative estimate of drug-likeness (QED) is 0.120. The number of carbonyl (C=O) groups is 1. The van der Waals surface area contributed by atoms with Gasteiger partial charge < -0.3 is 28.1 Å². The van der Waals surface area contributed by atoms with Gasteiger partial charge in [0.15, 0.2) is 18.1 Å². The Bertz CT molecular complexity index is 1460. The van der Waals surface area contributed by atoms with Crippen molar-refractivity contribution in [1.29, 1.82) is 0 Å². The number of fused-ring (bicyclic) bond motifs is 3. The maximum absolute atomic E-state index is 12.7. The van der Waals surface area contributed by atoms with Crippen LogP contribution in [0.15, 0.2) is 60.6 Å². The van der Waals surface area contributed by atoms with Gasteiger partial charge in [-0.2, -0.15) is 0 Å². The zero-order valence-corrected chi connectivity index (χ0v) is 21.4. The van der Waals surface area contributed by atoms with Crippen LogP contribution in [0.25, 0.3) is 21.7 Å². The smallest absolute Gasteiger partial charge is 0.349 e. The molecular formula is C24H18Br2O8. The van der Waals surface area contributed by atoms with Crippen LogP contribution < -0.4 is 29.3 Å². The van der Waals surface area contributed by atoms with Gasteiger partial charge in [0, 0.05) is 21.3 Å². The van der Waals surface area contributed by atoms with Crippen molar-refractivity contribution in [2.24, 2.45) is 0 Å². The first-order chi connectivity index (χ1) is 16.4. The topological polar surface area (TPSA) is 93.4 Å². The van der Waals surface area contributed by atoms with Crippen molar-refractivity contribution in [3.63, 3.8) is 0 Å². The fourth-order valence-electron chi connectivity index (χ4n) is 3.49. The van der Waals surface area contributed by atoms with Crippen molar-refractivity contribution < 1.29 is 32.9 Å². The van der Waals surface area contributed by atoms with Crippen LogP contribution in [0.2, 0.25) is 0 Å². The molecule has 0 fully saturated rings. The van der Waals surface area contributed by atoms with E-state index in [2.05, 4.69) is 31.9 Å². The third-order valence-corrected chi connectivity index (χ3v) is 6.06. The van der Waals surface area contributed by atoms with Crippen LogP contribution >= 0.6 is 31.9 Å². The summed E-state index contributed by atoms with van der Waals surface area (Å²) in [6, 6.07) is 11.6. The van der Waals surface area contributed by atoms with E-state index in [1.54, 1.807) is 30.3 Å². The van der Waals surface area contributed by atoms with Crippen LogP contribution in [-0.2, 0) is 4.79 Å². The average Bonchev–Trinajstić information content (AvgIpc) is 2.82. The molecular weight excluding hydrogens is 576 g/mol. The molecule has 1 heterocycles. The molecule has 0 spiro atoms. The molecule has 0 saturated carbocycles. The molecule has 8 nitrogen and oxygen atoms in total. The lowest BCUT2D eigenvalue weighted by Crippen LogP contribution is -2.17. The Morgan fingerprint density at radius 3 is 2.32 bits per heavy atom. The van der Waals surface area contributed by atoms with Gasteiger partial charge in [0.2, 0.25) is 5.75 Å². The first kappa shape index (κ1) is 23.9. The van der Waals surface area contributed by atoms with E-state index in [4.69, 9.17) is 28.1 Å². The minimum atomic E-state index is -0.624. The van der Waals surface area contributed by atoms with Crippen LogP contribution in [0.4, 0.5) is 0 Å². The highest BCUT2D eigenvalue weighted by Gasteiger charge is 2.21. The van der Waals surface area contributed by atoms with E-state index >= 15 is 0 Å². The summed E-state index contributed by atoms with van der Waals surface area (Å²) in [6.45, 7) is -0.315. The summed E-state index contributed by atoms with van der Waals surface area (Å²) in [4.78, 5) is 25.0. The summed E-state index contributed by atoms with van der Waals surface area (Å²) in [5.41, 5.74) is -0.390. The van der Waals surface area contributed by atoms with Crippen molar-refractivity contribution in [3.8, 4) is 28.7 Å². The summed E-state index contributed by atoms with van der Waals surface area (Å²) < 4.78 is 34.2. The first-order valence-corrected chi connectivity index (χ1v) is 11.4. The van der Waals surface area contributed by atoms with Crippen LogP contribution in [0, 0.1) is 0 Å². The number of carbonyl (C=O) groups excluding carboxylic acids is 1. The van der Waals surface area contributed by atoms with E-state index in [0.717, 1.165) is 4.47 Å². The summed E-state index contributed by atoms with van der Waals surface area (Å²) in [6.07, 6.45) is 0. The molecule has 4 rings (SSSR count). The van der Waals surface area contributed by atoms with E-state index in [9.17, 15) is 9.59 Å². The summed E-state index contributed by atoms with van der Waals surface area (Å²) >= 11 is 6.73. The maximum Gasteiger partial charge on any atom is 0.349 e. The van der Waals surface area contributed by atoms with Crippen molar-refractivity contribution in [2.45, 2.75) is 0 Å². The molecule has 0 saturated heterocycles. The highest BCUT2D eigenvalue weighted by Crippen LogP contribution is 2.45. The highest BCUT2D eigenvalue weighted by atomic mass is 79.9. The van der Waals surface area contributed by atoms with Crippen molar-refractivity contribution in [1.82, 2.24) is 0 Å². The third kappa shape index (κ3) is 4.55. The predicted octanol–water partition coefficient (Wildman–Crippen LogP) is 5.48. The van der Waals surface area contributed by atoms with E-state index in [1.165, 1.54) is 33.5 Å². The Kier molecular flexibility index (Phi) is 6.99. The molecule has 1 aromatic heterocycles. The zero-order chi connectivity index (χ0) is 24.4. The lowest BCUT2D eigenvalue weighted by Gasteiger charge is -2.15.